The first-order valence-electron chi connectivity index (χ1n) is 5.40. The molecule has 0 saturated carbocycles. The van der Waals surface area contributed by atoms with E-state index in [0.717, 1.165) is 31.9 Å². The molecular weight excluding hydrogens is 234 g/mol. The molecule has 0 atom stereocenters. The minimum atomic E-state index is 0.961. The first kappa shape index (κ1) is 10.5. The van der Waals surface area contributed by atoms with E-state index >= 15 is 0 Å². The van der Waals surface area contributed by atoms with E-state index < -0.39 is 0 Å². The Kier molecular flexibility index (Phi) is 2.09. The number of nitrogens with zero attached hydrogens (tertiary/aromatic N) is 4. The van der Waals surface area contributed by atoms with Gasteiger partial charge in [0.05, 0.1) is 10.4 Å². The van der Waals surface area contributed by atoms with Crippen molar-refractivity contribution in [3.05, 3.63) is 11.3 Å². The summed E-state index contributed by atoms with van der Waals surface area (Å²) in [5.41, 5.74) is 3.16. The van der Waals surface area contributed by atoms with Crippen LogP contribution >= 0.6 is 11.3 Å². The molecule has 0 spiro atoms. The van der Waals surface area contributed by atoms with E-state index in [4.69, 9.17) is 0 Å². The van der Waals surface area contributed by atoms with Crippen LogP contribution in [0.25, 0.3) is 20.4 Å². The SMILES string of the molecule is CNc1c2sc3nnc(C)c(C)c3c2nn1C. The fourth-order valence-electron chi connectivity index (χ4n) is 2.07. The Morgan fingerprint density at radius 1 is 1.24 bits per heavy atom. The van der Waals surface area contributed by atoms with Crippen LogP contribution in [0, 0.1) is 13.8 Å². The average molecular weight is 247 g/mol. The van der Waals surface area contributed by atoms with Gasteiger partial charge >= 0.3 is 0 Å². The molecule has 3 rings (SSSR count). The summed E-state index contributed by atoms with van der Waals surface area (Å²) in [6.45, 7) is 4.05. The third kappa shape index (κ3) is 1.27. The van der Waals surface area contributed by atoms with Crippen LogP contribution in [0.15, 0.2) is 0 Å². The van der Waals surface area contributed by atoms with Crippen molar-refractivity contribution in [2.75, 3.05) is 12.4 Å². The Bertz CT molecular complexity index is 724. The van der Waals surface area contributed by atoms with Crippen LogP contribution in [0.2, 0.25) is 0 Å². The molecule has 0 bridgehead atoms. The van der Waals surface area contributed by atoms with E-state index in [1.165, 1.54) is 5.56 Å². The van der Waals surface area contributed by atoms with E-state index in [9.17, 15) is 0 Å². The van der Waals surface area contributed by atoms with E-state index in [1.807, 2.05) is 25.7 Å². The second kappa shape index (κ2) is 3.40. The highest BCUT2D eigenvalue weighted by Crippen LogP contribution is 2.37. The van der Waals surface area contributed by atoms with Crippen LogP contribution in [0.3, 0.4) is 0 Å². The molecule has 88 valence electrons. The number of anilines is 1. The molecule has 17 heavy (non-hydrogen) atoms. The Hall–Kier alpha value is -1.69. The molecule has 5 nitrogen and oxygen atoms in total. The number of hydrogen-bond acceptors (Lipinski definition) is 5. The first-order chi connectivity index (χ1) is 8.13. The zero-order valence-corrected chi connectivity index (χ0v) is 11.0. The third-order valence-electron chi connectivity index (χ3n) is 3.10. The van der Waals surface area contributed by atoms with Gasteiger partial charge in [0.15, 0.2) is 0 Å². The number of aryl methyl sites for hydroxylation is 3. The Morgan fingerprint density at radius 3 is 2.71 bits per heavy atom. The van der Waals surface area contributed by atoms with Crippen LogP contribution in [-0.4, -0.2) is 27.0 Å². The van der Waals surface area contributed by atoms with Crippen LogP contribution in [-0.2, 0) is 7.05 Å². The number of nitrogens with one attached hydrogen (secondary N) is 1. The molecule has 0 aromatic carbocycles. The first-order valence-corrected chi connectivity index (χ1v) is 6.22. The van der Waals surface area contributed by atoms with Gasteiger partial charge in [0, 0.05) is 19.5 Å². The topological polar surface area (TPSA) is 55.6 Å². The Morgan fingerprint density at radius 2 is 2.00 bits per heavy atom. The standard InChI is InChI=1S/C11H13N5S/c1-5-6(2)13-14-11-7(5)8-9(17-11)10(12-3)16(4)15-8/h12H,1-4H3. The summed E-state index contributed by atoms with van der Waals surface area (Å²) < 4.78 is 3.02. The van der Waals surface area contributed by atoms with Crippen molar-refractivity contribution in [2.24, 2.45) is 7.05 Å². The number of aromatic nitrogens is 4. The summed E-state index contributed by atoms with van der Waals surface area (Å²) in [5.74, 6) is 1.03. The number of fused-ring (bicyclic) bond motifs is 3. The van der Waals surface area contributed by atoms with Crippen molar-refractivity contribution < 1.29 is 0 Å². The average Bonchev–Trinajstić information content (AvgIpc) is 2.78. The molecule has 1 N–H and O–H groups in total. The monoisotopic (exact) mass is 247 g/mol. The highest BCUT2D eigenvalue weighted by atomic mass is 32.1. The summed E-state index contributed by atoms with van der Waals surface area (Å²) in [6, 6.07) is 0. The molecule has 0 aliphatic carbocycles. The summed E-state index contributed by atoms with van der Waals surface area (Å²) in [5, 5.41) is 17.3. The van der Waals surface area contributed by atoms with Crippen molar-refractivity contribution in [3.8, 4) is 0 Å². The highest BCUT2D eigenvalue weighted by Gasteiger charge is 2.17. The summed E-state index contributed by atoms with van der Waals surface area (Å²) >= 11 is 1.64. The number of hydrogen-bond donors (Lipinski definition) is 1. The summed E-state index contributed by atoms with van der Waals surface area (Å²) in [7, 11) is 3.85. The summed E-state index contributed by atoms with van der Waals surface area (Å²) in [6.07, 6.45) is 0. The van der Waals surface area contributed by atoms with Gasteiger partial charge in [0.1, 0.15) is 16.2 Å². The van der Waals surface area contributed by atoms with Gasteiger partial charge in [-0.3, -0.25) is 4.68 Å². The van der Waals surface area contributed by atoms with Crippen molar-refractivity contribution in [1.29, 1.82) is 0 Å². The maximum Gasteiger partial charge on any atom is 0.149 e. The Labute approximate surface area is 102 Å². The van der Waals surface area contributed by atoms with Crippen molar-refractivity contribution in [2.45, 2.75) is 13.8 Å². The van der Waals surface area contributed by atoms with Gasteiger partial charge in [0.25, 0.3) is 0 Å². The molecule has 0 fully saturated rings. The minimum absolute atomic E-state index is 0.961. The van der Waals surface area contributed by atoms with E-state index in [-0.39, 0.29) is 0 Å². The maximum atomic E-state index is 4.57. The van der Waals surface area contributed by atoms with Gasteiger partial charge in [-0.2, -0.15) is 10.2 Å². The smallest absolute Gasteiger partial charge is 0.149 e. The minimum Gasteiger partial charge on any atom is -0.372 e. The molecule has 0 radical (unpaired) electrons. The molecule has 0 unspecified atom stereocenters. The van der Waals surface area contributed by atoms with Crippen molar-refractivity contribution >= 4 is 37.6 Å². The van der Waals surface area contributed by atoms with Crippen LogP contribution in [0.4, 0.5) is 5.82 Å². The quantitative estimate of drug-likeness (QED) is 0.716. The number of thiophene rings is 1. The molecule has 0 aliphatic heterocycles. The zero-order chi connectivity index (χ0) is 12.2. The third-order valence-corrected chi connectivity index (χ3v) is 4.17. The fourth-order valence-corrected chi connectivity index (χ4v) is 3.27. The predicted octanol–water partition coefficient (Wildman–Crippen LogP) is 2.24. The fraction of sp³-hybridized carbons (Fsp3) is 0.364. The lowest BCUT2D eigenvalue weighted by Gasteiger charge is -1.99. The van der Waals surface area contributed by atoms with Crippen molar-refractivity contribution in [1.82, 2.24) is 20.0 Å². The predicted molar refractivity (Wildman–Crippen MR) is 70.7 cm³/mol. The zero-order valence-electron chi connectivity index (χ0n) is 10.2. The molecule has 3 aromatic rings. The van der Waals surface area contributed by atoms with Crippen molar-refractivity contribution in [3.63, 3.8) is 0 Å². The van der Waals surface area contributed by atoms with Gasteiger partial charge in [-0.1, -0.05) is 0 Å². The molecule has 0 amide bonds. The van der Waals surface area contributed by atoms with Gasteiger partial charge in [0.2, 0.25) is 0 Å². The lowest BCUT2D eigenvalue weighted by molar-refractivity contribution is 0.787. The summed E-state index contributed by atoms with van der Waals surface area (Å²) in [4.78, 5) is 0.961. The number of rotatable bonds is 1. The molecule has 3 heterocycles. The molecule has 0 saturated heterocycles. The Balaban J connectivity index is 2.54. The normalized spacial score (nSPS) is 11.5. The van der Waals surface area contributed by atoms with Crippen LogP contribution in [0.1, 0.15) is 11.3 Å². The molecule has 0 aliphatic rings. The largest absolute Gasteiger partial charge is 0.372 e. The lowest BCUT2D eigenvalue weighted by Crippen LogP contribution is -1.98. The highest BCUT2D eigenvalue weighted by molar-refractivity contribution is 7.26. The van der Waals surface area contributed by atoms with E-state index in [1.54, 1.807) is 11.3 Å². The lowest BCUT2D eigenvalue weighted by atomic mass is 10.1. The van der Waals surface area contributed by atoms with Gasteiger partial charge in [-0.25, -0.2) is 0 Å². The van der Waals surface area contributed by atoms with Crippen LogP contribution < -0.4 is 5.32 Å². The van der Waals surface area contributed by atoms with E-state index in [2.05, 4.69) is 27.5 Å². The van der Waals surface area contributed by atoms with E-state index in [0.29, 0.717) is 0 Å². The van der Waals surface area contributed by atoms with Crippen LogP contribution in [0.5, 0.6) is 0 Å². The van der Waals surface area contributed by atoms with Gasteiger partial charge in [-0.15, -0.1) is 16.4 Å². The maximum absolute atomic E-state index is 4.57. The van der Waals surface area contributed by atoms with Gasteiger partial charge in [-0.05, 0) is 19.4 Å². The molecule has 6 heteroatoms. The second-order valence-corrected chi connectivity index (χ2v) is 5.09. The molecule has 3 aromatic heterocycles. The second-order valence-electron chi connectivity index (χ2n) is 4.09. The van der Waals surface area contributed by atoms with Gasteiger partial charge < -0.3 is 5.32 Å². The molecular formula is C11H13N5S.